The molecular formula is C22H24FN3O2. The molecular weight excluding hydrogens is 357 g/mol. The monoisotopic (exact) mass is 381 g/mol. The van der Waals surface area contributed by atoms with Crippen LogP contribution in [0.5, 0.6) is 5.75 Å². The molecule has 146 valence electrons. The highest BCUT2D eigenvalue weighted by Gasteiger charge is 2.20. The molecule has 0 aliphatic heterocycles. The number of aromatic nitrogens is 2. The SMILES string of the molecule is CCc1c(C(=O)N(C)CCOc2ccc(C)cc2)cnn1-c1ccc(F)cc1. The summed E-state index contributed by atoms with van der Waals surface area (Å²) in [5.41, 5.74) is 3.24. The molecule has 2 aromatic carbocycles. The number of rotatable bonds is 7. The molecule has 6 heteroatoms. The standard InChI is InChI=1S/C22H24FN3O2/c1-4-21-20(15-24-26(21)18-9-7-17(23)8-10-18)22(27)25(3)13-14-28-19-11-5-16(2)6-12-19/h5-12,15H,4,13-14H2,1-3H3. The maximum atomic E-state index is 13.2. The van der Waals surface area contributed by atoms with Crippen molar-refractivity contribution in [2.45, 2.75) is 20.3 Å². The van der Waals surface area contributed by atoms with Crippen LogP contribution in [0.2, 0.25) is 0 Å². The zero-order valence-corrected chi connectivity index (χ0v) is 16.4. The van der Waals surface area contributed by atoms with E-state index in [9.17, 15) is 9.18 Å². The van der Waals surface area contributed by atoms with Crippen LogP contribution in [0.25, 0.3) is 5.69 Å². The van der Waals surface area contributed by atoms with Crippen LogP contribution in [-0.4, -0.2) is 40.8 Å². The number of hydrogen-bond acceptors (Lipinski definition) is 3. The van der Waals surface area contributed by atoms with E-state index in [1.807, 2.05) is 38.1 Å². The Balaban J connectivity index is 1.67. The van der Waals surface area contributed by atoms with Gasteiger partial charge in [0.2, 0.25) is 0 Å². The van der Waals surface area contributed by atoms with Crippen LogP contribution in [0, 0.1) is 12.7 Å². The average Bonchev–Trinajstić information content (AvgIpc) is 3.13. The summed E-state index contributed by atoms with van der Waals surface area (Å²) in [4.78, 5) is 14.5. The second-order valence-corrected chi connectivity index (χ2v) is 6.63. The highest BCUT2D eigenvalue weighted by molar-refractivity contribution is 5.95. The second-order valence-electron chi connectivity index (χ2n) is 6.63. The molecule has 0 unspecified atom stereocenters. The minimum absolute atomic E-state index is 0.113. The summed E-state index contributed by atoms with van der Waals surface area (Å²) in [6.07, 6.45) is 2.20. The van der Waals surface area contributed by atoms with Crippen LogP contribution in [0.4, 0.5) is 4.39 Å². The van der Waals surface area contributed by atoms with Gasteiger partial charge >= 0.3 is 0 Å². The van der Waals surface area contributed by atoms with E-state index in [0.717, 1.165) is 17.1 Å². The number of hydrogen-bond donors (Lipinski definition) is 0. The molecule has 0 N–H and O–H groups in total. The fourth-order valence-electron chi connectivity index (χ4n) is 2.94. The summed E-state index contributed by atoms with van der Waals surface area (Å²) in [6, 6.07) is 13.9. The van der Waals surface area contributed by atoms with Gasteiger partial charge in [-0.1, -0.05) is 24.6 Å². The smallest absolute Gasteiger partial charge is 0.257 e. The van der Waals surface area contributed by atoms with Crippen LogP contribution in [-0.2, 0) is 6.42 Å². The van der Waals surface area contributed by atoms with E-state index in [4.69, 9.17) is 4.74 Å². The third kappa shape index (κ3) is 4.39. The minimum atomic E-state index is -0.307. The van der Waals surface area contributed by atoms with Crippen LogP contribution in [0.3, 0.4) is 0 Å². The first-order valence-electron chi connectivity index (χ1n) is 9.27. The van der Waals surface area contributed by atoms with Gasteiger partial charge in [0.1, 0.15) is 18.2 Å². The van der Waals surface area contributed by atoms with Gasteiger partial charge in [0.25, 0.3) is 5.91 Å². The van der Waals surface area contributed by atoms with Crippen molar-refractivity contribution >= 4 is 5.91 Å². The maximum Gasteiger partial charge on any atom is 0.257 e. The Morgan fingerprint density at radius 3 is 2.46 bits per heavy atom. The molecule has 1 aromatic heterocycles. The first-order valence-corrected chi connectivity index (χ1v) is 9.27. The lowest BCUT2D eigenvalue weighted by Gasteiger charge is -2.18. The van der Waals surface area contributed by atoms with Gasteiger partial charge in [-0.05, 0) is 49.7 Å². The molecule has 5 nitrogen and oxygen atoms in total. The van der Waals surface area contributed by atoms with Gasteiger partial charge in [0.05, 0.1) is 29.7 Å². The molecule has 0 saturated heterocycles. The predicted octanol–water partition coefficient (Wildman–Crippen LogP) is 4.03. The van der Waals surface area contributed by atoms with Crippen molar-refractivity contribution in [1.29, 1.82) is 0 Å². The van der Waals surface area contributed by atoms with Gasteiger partial charge in [-0.25, -0.2) is 9.07 Å². The van der Waals surface area contributed by atoms with Crippen LogP contribution in [0.1, 0.15) is 28.5 Å². The lowest BCUT2D eigenvalue weighted by molar-refractivity contribution is 0.0772. The van der Waals surface area contributed by atoms with E-state index in [1.165, 1.54) is 17.7 Å². The molecule has 0 saturated carbocycles. The van der Waals surface area contributed by atoms with Crippen molar-refractivity contribution in [2.24, 2.45) is 0 Å². The van der Waals surface area contributed by atoms with E-state index in [2.05, 4.69) is 5.10 Å². The average molecular weight is 381 g/mol. The molecule has 0 aliphatic rings. The van der Waals surface area contributed by atoms with E-state index in [1.54, 1.807) is 35.0 Å². The Labute approximate surface area is 164 Å². The minimum Gasteiger partial charge on any atom is -0.492 e. The highest BCUT2D eigenvalue weighted by Crippen LogP contribution is 2.18. The van der Waals surface area contributed by atoms with Crippen LogP contribution in [0.15, 0.2) is 54.7 Å². The topological polar surface area (TPSA) is 47.4 Å². The van der Waals surface area contributed by atoms with Gasteiger partial charge in [0.15, 0.2) is 0 Å². The molecule has 3 aromatic rings. The zero-order chi connectivity index (χ0) is 20.1. The quantitative estimate of drug-likeness (QED) is 0.621. The summed E-state index contributed by atoms with van der Waals surface area (Å²) >= 11 is 0. The summed E-state index contributed by atoms with van der Waals surface area (Å²) in [6.45, 7) is 4.85. The van der Waals surface area contributed by atoms with Gasteiger partial charge in [-0.2, -0.15) is 5.10 Å². The second kappa shape index (κ2) is 8.69. The van der Waals surface area contributed by atoms with Gasteiger partial charge < -0.3 is 9.64 Å². The van der Waals surface area contributed by atoms with Crippen molar-refractivity contribution in [3.05, 3.63) is 77.4 Å². The number of carbonyl (C=O) groups excluding carboxylic acids is 1. The van der Waals surface area contributed by atoms with Crippen molar-refractivity contribution in [2.75, 3.05) is 20.2 Å². The third-order valence-corrected chi connectivity index (χ3v) is 4.57. The van der Waals surface area contributed by atoms with E-state index >= 15 is 0 Å². The van der Waals surface area contributed by atoms with Crippen molar-refractivity contribution < 1.29 is 13.9 Å². The third-order valence-electron chi connectivity index (χ3n) is 4.57. The predicted molar refractivity (Wildman–Crippen MR) is 107 cm³/mol. The first-order chi connectivity index (χ1) is 13.5. The van der Waals surface area contributed by atoms with E-state index in [-0.39, 0.29) is 11.7 Å². The van der Waals surface area contributed by atoms with Gasteiger partial charge in [-0.3, -0.25) is 4.79 Å². The summed E-state index contributed by atoms with van der Waals surface area (Å²) in [5.74, 6) is 0.362. The molecule has 0 bridgehead atoms. The van der Waals surface area contributed by atoms with Crippen LogP contribution < -0.4 is 4.74 Å². The molecule has 28 heavy (non-hydrogen) atoms. The Bertz CT molecular complexity index is 933. The lowest BCUT2D eigenvalue weighted by Crippen LogP contribution is -2.31. The fraction of sp³-hybridized carbons (Fsp3) is 0.273. The number of benzene rings is 2. The normalized spacial score (nSPS) is 10.7. The highest BCUT2D eigenvalue weighted by atomic mass is 19.1. The summed E-state index contributed by atoms with van der Waals surface area (Å²) < 4.78 is 20.6. The van der Waals surface area contributed by atoms with E-state index in [0.29, 0.717) is 25.1 Å². The van der Waals surface area contributed by atoms with Gasteiger partial charge in [0, 0.05) is 7.05 Å². The number of halogens is 1. The molecule has 0 radical (unpaired) electrons. The molecule has 0 fully saturated rings. The Hall–Kier alpha value is -3.15. The van der Waals surface area contributed by atoms with Gasteiger partial charge in [-0.15, -0.1) is 0 Å². The number of aryl methyl sites for hydroxylation is 1. The summed E-state index contributed by atoms with van der Waals surface area (Å²) in [7, 11) is 1.75. The molecule has 1 amide bonds. The molecule has 0 spiro atoms. The van der Waals surface area contributed by atoms with Crippen molar-refractivity contribution in [1.82, 2.24) is 14.7 Å². The van der Waals surface area contributed by atoms with Crippen molar-refractivity contribution in [3.63, 3.8) is 0 Å². The summed E-state index contributed by atoms with van der Waals surface area (Å²) in [5, 5.41) is 4.34. The number of nitrogens with zero attached hydrogens (tertiary/aromatic N) is 3. The Kier molecular flexibility index (Phi) is 6.09. The number of ether oxygens (including phenoxy) is 1. The van der Waals surface area contributed by atoms with E-state index < -0.39 is 0 Å². The Morgan fingerprint density at radius 1 is 1.14 bits per heavy atom. The first kappa shape index (κ1) is 19.6. The molecule has 0 atom stereocenters. The molecule has 0 aliphatic carbocycles. The lowest BCUT2D eigenvalue weighted by atomic mass is 10.1. The fourth-order valence-corrected chi connectivity index (χ4v) is 2.94. The number of amides is 1. The molecule has 1 heterocycles. The largest absolute Gasteiger partial charge is 0.492 e. The van der Waals surface area contributed by atoms with Crippen molar-refractivity contribution in [3.8, 4) is 11.4 Å². The maximum absolute atomic E-state index is 13.2. The zero-order valence-electron chi connectivity index (χ0n) is 16.4. The molecule has 3 rings (SSSR count). The Morgan fingerprint density at radius 2 is 1.82 bits per heavy atom. The number of likely N-dealkylation sites (N-methyl/N-ethyl adjacent to an activating group) is 1. The number of carbonyl (C=O) groups is 1. The van der Waals surface area contributed by atoms with Crippen LogP contribution >= 0.6 is 0 Å².